The second-order valence-electron chi connectivity index (χ2n) is 2.85. The Morgan fingerprint density at radius 1 is 1.44 bits per heavy atom. The fourth-order valence-electron chi connectivity index (χ4n) is 1.08. The minimum absolute atomic E-state index is 0.0776. The van der Waals surface area contributed by atoms with Gasteiger partial charge in [0, 0.05) is 0 Å². The third kappa shape index (κ3) is 2.60. The molecule has 0 aliphatic rings. The summed E-state index contributed by atoms with van der Waals surface area (Å²) in [5.41, 5.74) is 0. The van der Waals surface area contributed by atoms with Gasteiger partial charge in [0.2, 0.25) is 11.2 Å². The van der Waals surface area contributed by atoms with Gasteiger partial charge in [-0.05, 0) is 23.7 Å². The molecule has 1 N–H and O–H groups in total. The molecule has 2 aromatic heterocycles. The first-order chi connectivity index (χ1) is 7.78. The molecule has 0 aromatic carbocycles. The summed E-state index contributed by atoms with van der Waals surface area (Å²) in [7, 11) is 1.46. The highest BCUT2D eigenvalue weighted by Crippen LogP contribution is 2.11. The molecule has 0 radical (unpaired) electrons. The lowest BCUT2D eigenvalue weighted by atomic mass is 10.4. The van der Waals surface area contributed by atoms with Crippen LogP contribution in [0.3, 0.4) is 0 Å². The van der Waals surface area contributed by atoms with Gasteiger partial charge in [-0.3, -0.25) is 0 Å². The highest BCUT2D eigenvalue weighted by atomic mass is 35.5. The maximum Gasteiger partial charge on any atom is 0.322 e. The van der Waals surface area contributed by atoms with Crippen LogP contribution in [0.15, 0.2) is 22.8 Å². The van der Waals surface area contributed by atoms with Crippen LogP contribution in [0.4, 0.5) is 5.95 Å². The van der Waals surface area contributed by atoms with E-state index in [1.165, 1.54) is 7.11 Å². The second kappa shape index (κ2) is 4.80. The van der Waals surface area contributed by atoms with Gasteiger partial charge in [-0.2, -0.15) is 15.0 Å². The van der Waals surface area contributed by atoms with Crippen LogP contribution in [-0.2, 0) is 6.54 Å². The van der Waals surface area contributed by atoms with E-state index in [2.05, 4.69) is 20.3 Å². The first kappa shape index (κ1) is 10.7. The number of methoxy groups -OCH3 is 1. The summed E-state index contributed by atoms with van der Waals surface area (Å²) in [4.78, 5) is 11.6. The summed E-state index contributed by atoms with van der Waals surface area (Å²) >= 11 is 5.68. The van der Waals surface area contributed by atoms with Gasteiger partial charge in [-0.25, -0.2) is 0 Å². The summed E-state index contributed by atoms with van der Waals surface area (Å²) in [6.07, 6.45) is 1.60. The van der Waals surface area contributed by atoms with Crippen LogP contribution in [0.5, 0.6) is 6.01 Å². The van der Waals surface area contributed by atoms with Crippen LogP contribution < -0.4 is 10.1 Å². The molecule has 0 fully saturated rings. The average Bonchev–Trinajstić information content (AvgIpc) is 2.78. The number of anilines is 1. The zero-order valence-corrected chi connectivity index (χ0v) is 9.23. The number of hydrogen-bond acceptors (Lipinski definition) is 6. The molecule has 0 spiro atoms. The smallest absolute Gasteiger partial charge is 0.322 e. The number of rotatable bonds is 4. The summed E-state index contributed by atoms with van der Waals surface area (Å²) in [5, 5.41) is 3.02. The molecule has 84 valence electrons. The van der Waals surface area contributed by atoms with Crippen LogP contribution in [0.1, 0.15) is 5.76 Å². The van der Waals surface area contributed by atoms with E-state index >= 15 is 0 Å². The van der Waals surface area contributed by atoms with Gasteiger partial charge in [-0.15, -0.1) is 0 Å². The molecule has 6 nitrogen and oxygen atoms in total. The zero-order valence-electron chi connectivity index (χ0n) is 8.48. The fraction of sp³-hybridized carbons (Fsp3) is 0.222. The Morgan fingerprint density at radius 3 is 3.00 bits per heavy atom. The van der Waals surface area contributed by atoms with Crippen LogP contribution in [-0.4, -0.2) is 22.1 Å². The van der Waals surface area contributed by atoms with Gasteiger partial charge >= 0.3 is 6.01 Å². The van der Waals surface area contributed by atoms with E-state index in [0.29, 0.717) is 12.5 Å². The molecule has 2 heterocycles. The van der Waals surface area contributed by atoms with Crippen molar-refractivity contribution in [2.24, 2.45) is 0 Å². The van der Waals surface area contributed by atoms with Crippen LogP contribution in [0.25, 0.3) is 0 Å². The molecule has 7 heteroatoms. The lowest BCUT2D eigenvalue weighted by Gasteiger charge is -2.04. The highest BCUT2D eigenvalue weighted by Gasteiger charge is 2.05. The van der Waals surface area contributed by atoms with Gasteiger partial charge in [0.15, 0.2) is 0 Å². The van der Waals surface area contributed by atoms with Crippen LogP contribution >= 0.6 is 11.6 Å². The van der Waals surface area contributed by atoms with Gasteiger partial charge in [-0.1, -0.05) is 0 Å². The van der Waals surface area contributed by atoms with Crippen molar-refractivity contribution in [3.05, 3.63) is 29.4 Å². The van der Waals surface area contributed by atoms with Crippen LogP contribution in [0.2, 0.25) is 5.28 Å². The Balaban J connectivity index is 2.06. The third-order valence-corrected chi connectivity index (χ3v) is 1.94. The standard InChI is InChI=1S/C9H9ClN4O2/c1-15-9-13-7(10)12-8(14-9)11-5-6-3-2-4-16-6/h2-4H,5H2,1H3,(H,11,12,13,14). The number of nitrogens with zero attached hydrogens (tertiary/aromatic N) is 3. The SMILES string of the molecule is COc1nc(Cl)nc(NCc2ccco2)n1. The Kier molecular flexibility index (Phi) is 3.21. The molecule has 0 bridgehead atoms. The van der Waals surface area contributed by atoms with Crippen molar-refractivity contribution in [2.75, 3.05) is 12.4 Å². The molecule has 0 aliphatic carbocycles. The maximum absolute atomic E-state index is 5.68. The molecule has 0 saturated carbocycles. The zero-order chi connectivity index (χ0) is 11.4. The number of nitrogens with one attached hydrogen (secondary N) is 1. The van der Waals surface area contributed by atoms with E-state index in [9.17, 15) is 0 Å². The normalized spacial score (nSPS) is 10.1. The van der Waals surface area contributed by atoms with Crippen molar-refractivity contribution in [3.63, 3.8) is 0 Å². The predicted octanol–water partition coefficient (Wildman–Crippen LogP) is 1.74. The summed E-state index contributed by atoms with van der Waals surface area (Å²) in [6.45, 7) is 0.469. The Labute approximate surface area is 96.6 Å². The first-order valence-corrected chi connectivity index (χ1v) is 4.87. The molecular formula is C9H9ClN4O2. The number of furan rings is 1. The average molecular weight is 241 g/mol. The number of ether oxygens (including phenoxy) is 1. The van der Waals surface area contributed by atoms with Crippen molar-refractivity contribution >= 4 is 17.5 Å². The van der Waals surface area contributed by atoms with Gasteiger partial charge in [0.05, 0.1) is 19.9 Å². The quantitative estimate of drug-likeness (QED) is 0.878. The minimum atomic E-state index is 0.0776. The van der Waals surface area contributed by atoms with E-state index in [4.69, 9.17) is 20.8 Å². The molecular weight excluding hydrogens is 232 g/mol. The summed E-state index contributed by atoms with van der Waals surface area (Å²) in [5.74, 6) is 1.11. The number of hydrogen-bond donors (Lipinski definition) is 1. The van der Waals surface area contributed by atoms with Crippen molar-refractivity contribution in [1.82, 2.24) is 15.0 Å². The highest BCUT2D eigenvalue weighted by molar-refractivity contribution is 6.28. The number of halogens is 1. The van der Waals surface area contributed by atoms with Crippen molar-refractivity contribution in [3.8, 4) is 6.01 Å². The van der Waals surface area contributed by atoms with Crippen LogP contribution in [0, 0.1) is 0 Å². The molecule has 0 aliphatic heterocycles. The van der Waals surface area contributed by atoms with E-state index < -0.39 is 0 Å². The van der Waals surface area contributed by atoms with Crippen molar-refractivity contribution < 1.29 is 9.15 Å². The van der Waals surface area contributed by atoms with Gasteiger partial charge in [0.1, 0.15) is 5.76 Å². The molecule has 0 saturated heterocycles. The van der Waals surface area contributed by atoms with E-state index in [-0.39, 0.29) is 11.3 Å². The summed E-state index contributed by atoms with van der Waals surface area (Å²) in [6, 6.07) is 3.81. The Bertz CT molecular complexity index is 461. The predicted molar refractivity (Wildman–Crippen MR) is 57.4 cm³/mol. The first-order valence-electron chi connectivity index (χ1n) is 4.50. The number of aromatic nitrogens is 3. The largest absolute Gasteiger partial charge is 0.467 e. The molecule has 2 rings (SSSR count). The fourth-order valence-corrected chi connectivity index (χ4v) is 1.23. The lowest BCUT2D eigenvalue weighted by molar-refractivity contribution is 0.378. The molecule has 2 aromatic rings. The molecule has 16 heavy (non-hydrogen) atoms. The second-order valence-corrected chi connectivity index (χ2v) is 3.19. The Hall–Kier alpha value is -1.82. The van der Waals surface area contributed by atoms with E-state index in [0.717, 1.165) is 5.76 Å². The lowest BCUT2D eigenvalue weighted by Crippen LogP contribution is -2.05. The van der Waals surface area contributed by atoms with E-state index in [1.54, 1.807) is 12.3 Å². The summed E-state index contributed by atoms with van der Waals surface area (Å²) < 4.78 is 10.0. The van der Waals surface area contributed by atoms with Gasteiger partial charge < -0.3 is 14.5 Å². The van der Waals surface area contributed by atoms with Crippen molar-refractivity contribution in [2.45, 2.75) is 6.54 Å². The topological polar surface area (TPSA) is 73.1 Å². The molecule has 0 amide bonds. The van der Waals surface area contributed by atoms with Crippen molar-refractivity contribution in [1.29, 1.82) is 0 Å². The molecule has 0 unspecified atom stereocenters. The van der Waals surface area contributed by atoms with Gasteiger partial charge in [0.25, 0.3) is 0 Å². The third-order valence-electron chi connectivity index (χ3n) is 1.77. The van der Waals surface area contributed by atoms with E-state index in [1.807, 2.05) is 6.07 Å². The Morgan fingerprint density at radius 2 is 2.31 bits per heavy atom. The molecule has 0 atom stereocenters. The maximum atomic E-state index is 5.68. The monoisotopic (exact) mass is 240 g/mol. The minimum Gasteiger partial charge on any atom is -0.467 e.